The van der Waals surface area contributed by atoms with Gasteiger partial charge in [0.1, 0.15) is 10.0 Å². The Morgan fingerprint density at radius 1 is 1.12 bits per heavy atom. The molecule has 1 aliphatic rings. The van der Waals surface area contributed by atoms with Crippen molar-refractivity contribution >= 4 is 31.4 Å². The molecule has 1 fully saturated rings. The number of piperidine rings is 1. The molecule has 1 N–H and O–H groups in total. The SMILES string of the molecule is O=S(=O)(NC1CCN(S(=O)(=O)Cc2cccc(F)c2)CC1)c1cccs1. The van der Waals surface area contributed by atoms with E-state index in [0.29, 0.717) is 18.4 Å². The molecule has 142 valence electrons. The molecule has 3 rings (SSSR count). The fraction of sp³-hybridized carbons (Fsp3) is 0.375. The van der Waals surface area contributed by atoms with Crippen LogP contribution in [0.25, 0.3) is 0 Å². The fourth-order valence-corrected chi connectivity index (χ4v) is 6.74. The van der Waals surface area contributed by atoms with E-state index >= 15 is 0 Å². The lowest BCUT2D eigenvalue weighted by molar-refractivity contribution is 0.308. The second kappa shape index (κ2) is 7.73. The summed E-state index contributed by atoms with van der Waals surface area (Å²) in [4.78, 5) is 0. The highest BCUT2D eigenvalue weighted by Crippen LogP contribution is 2.21. The first kappa shape index (κ1) is 19.4. The molecular formula is C16H19FN2O4S3. The second-order valence-electron chi connectivity index (χ2n) is 6.11. The van der Waals surface area contributed by atoms with E-state index in [1.165, 1.54) is 28.6 Å². The lowest BCUT2D eigenvalue weighted by atomic mass is 10.1. The third-order valence-corrected chi connectivity index (χ3v) is 8.94. The van der Waals surface area contributed by atoms with Gasteiger partial charge in [0.15, 0.2) is 0 Å². The summed E-state index contributed by atoms with van der Waals surface area (Å²) in [5.74, 6) is -0.740. The van der Waals surface area contributed by atoms with E-state index in [9.17, 15) is 21.2 Å². The molecule has 0 unspecified atom stereocenters. The molecule has 2 heterocycles. The van der Waals surface area contributed by atoms with Gasteiger partial charge in [-0.25, -0.2) is 30.3 Å². The third kappa shape index (κ3) is 4.68. The number of nitrogens with one attached hydrogen (secondary N) is 1. The van der Waals surface area contributed by atoms with Gasteiger partial charge in [-0.15, -0.1) is 11.3 Å². The van der Waals surface area contributed by atoms with Crippen LogP contribution in [0.1, 0.15) is 18.4 Å². The van der Waals surface area contributed by atoms with E-state index in [1.54, 1.807) is 17.5 Å². The third-order valence-electron chi connectivity index (χ3n) is 4.17. The Bertz CT molecular complexity index is 951. The minimum Gasteiger partial charge on any atom is -0.212 e. The molecule has 0 bridgehead atoms. The number of hydrogen-bond acceptors (Lipinski definition) is 5. The summed E-state index contributed by atoms with van der Waals surface area (Å²) < 4.78 is 67.0. The van der Waals surface area contributed by atoms with Crippen molar-refractivity contribution in [3.05, 3.63) is 53.2 Å². The zero-order chi connectivity index (χ0) is 18.8. The Morgan fingerprint density at radius 2 is 1.85 bits per heavy atom. The van der Waals surface area contributed by atoms with Crippen molar-refractivity contribution in [2.45, 2.75) is 28.8 Å². The second-order valence-corrected chi connectivity index (χ2v) is 11.0. The minimum absolute atomic E-state index is 0.231. The molecule has 1 saturated heterocycles. The smallest absolute Gasteiger partial charge is 0.212 e. The first-order valence-electron chi connectivity index (χ1n) is 8.04. The maximum atomic E-state index is 13.2. The van der Waals surface area contributed by atoms with Crippen molar-refractivity contribution in [1.82, 2.24) is 9.03 Å². The van der Waals surface area contributed by atoms with Crippen LogP contribution in [-0.4, -0.2) is 40.3 Å². The Balaban J connectivity index is 1.59. The van der Waals surface area contributed by atoms with Crippen molar-refractivity contribution in [2.75, 3.05) is 13.1 Å². The molecule has 1 aromatic heterocycles. The van der Waals surface area contributed by atoms with E-state index in [0.717, 1.165) is 11.3 Å². The van der Waals surface area contributed by atoms with Gasteiger partial charge in [0.05, 0.1) is 5.75 Å². The van der Waals surface area contributed by atoms with Gasteiger partial charge in [0, 0.05) is 19.1 Å². The molecule has 0 atom stereocenters. The zero-order valence-corrected chi connectivity index (χ0v) is 16.3. The van der Waals surface area contributed by atoms with Crippen LogP contribution in [-0.2, 0) is 25.8 Å². The standard InChI is InChI=1S/C16H19FN2O4S3/c17-14-4-1-3-13(11-14)12-25(20,21)19-8-6-15(7-9-19)18-26(22,23)16-5-2-10-24-16/h1-5,10-11,15,18H,6-9,12H2. The van der Waals surface area contributed by atoms with Gasteiger partial charge in [-0.05, 0) is 42.0 Å². The average Bonchev–Trinajstić information content (AvgIpc) is 3.10. The van der Waals surface area contributed by atoms with Crippen LogP contribution in [0.15, 0.2) is 46.0 Å². The van der Waals surface area contributed by atoms with Gasteiger partial charge in [-0.1, -0.05) is 18.2 Å². The van der Waals surface area contributed by atoms with Crippen LogP contribution in [0.2, 0.25) is 0 Å². The molecule has 0 aliphatic carbocycles. The number of nitrogens with zero attached hydrogens (tertiary/aromatic N) is 1. The monoisotopic (exact) mass is 418 g/mol. The van der Waals surface area contributed by atoms with Crippen LogP contribution >= 0.6 is 11.3 Å². The molecule has 1 aromatic carbocycles. The zero-order valence-electron chi connectivity index (χ0n) is 13.8. The average molecular weight is 419 g/mol. The maximum Gasteiger partial charge on any atom is 0.250 e. The Hall–Kier alpha value is -1.33. The van der Waals surface area contributed by atoms with Gasteiger partial charge < -0.3 is 0 Å². The predicted octanol–water partition coefficient (Wildman–Crippen LogP) is 2.16. The van der Waals surface area contributed by atoms with Gasteiger partial charge in [-0.2, -0.15) is 0 Å². The summed E-state index contributed by atoms with van der Waals surface area (Å²) in [7, 11) is -7.14. The van der Waals surface area contributed by atoms with Crippen molar-refractivity contribution in [2.24, 2.45) is 0 Å². The van der Waals surface area contributed by atoms with Gasteiger partial charge in [0.2, 0.25) is 20.0 Å². The predicted molar refractivity (Wildman–Crippen MR) is 98.3 cm³/mol. The molecule has 0 spiro atoms. The van der Waals surface area contributed by atoms with Crippen LogP contribution in [0, 0.1) is 5.82 Å². The van der Waals surface area contributed by atoms with Crippen molar-refractivity contribution < 1.29 is 21.2 Å². The normalized spacial score (nSPS) is 17.4. The number of thiophene rings is 1. The quantitative estimate of drug-likeness (QED) is 0.779. The molecule has 1 aliphatic heterocycles. The number of hydrogen-bond donors (Lipinski definition) is 1. The summed E-state index contributed by atoms with van der Waals surface area (Å²) in [6.07, 6.45) is 0.792. The molecular weight excluding hydrogens is 399 g/mol. The molecule has 2 aromatic rings. The summed E-state index contributed by atoms with van der Waals surface area (Å²) in [6, 6.07) is 8.42. The summed E-state index contributed by atoms with van der Waals surface area (Å²) in [5, 5.41) is 1.69. The van der Waals surface area contributed by atoms with Gasteiger partial charge in [0.25, 0.3) is 0 Å². The molecule has 0 saturated carbocycles. The van der Waals surface area contributed by atoms with E-state index in [1.807, 2.05) is 0 Å². The van der Waals surface area contributed by atoms with Crippen LogP contribution < -0.4 is 4.72 Å². The van der Waals surface area contributed by atoms with E-state index < -0.39 is 25.9 Å². The number of sulfonamides is 2. The summed E-state index contributed by atoms with van der Waals surface area (Å²) >= 11 is 1.14. The highest BCUT2D eigenvalue weighted by atomic mass is 32.2. The summed E-state index contributed by atoms with van der Waals surface area (Å²) in [6.45, 7) is 0.463. The maximum absolute atomic E-state index is 13.2. The summed E-state index contributed by atoms with van der Waals surface area (Å²) in [5.41, 5.74) is 0.394. The fourth-order valence-electron chi connectivity index (χ4n) is 2.87. The lowest BCUT2D eigenvalue weighted by Gasteiger charge is -2.31. The largest absolute Gasteiger partial charge is 0.250 e. The molecule has 0 amide bonds. The number of rotatable bonds is 6. The number of benzene rings is 1. The highest BCUT2D eigenvalue weighted by molar-refractivity contribution is 7.91. The van der Waals surface area contributed by atoms with Crippen LogP contribution in [0.4, 0.5) is 4.39 Å². The molecule has 0 radical (unpaired) electrons. The highest BCUT2D eigenvalue weighted by Gasteiger charge is 2.30. The first-order chi connectivity index (χ1) is 12.3. The van der Waals surface area contributed by atoms with E-state index in [2.05, 4.69) is 4.72 Å². The first-order valence-corrected chi connectivity index (χ1v) is 12.0. The van der Waals surface area contributed by atoms with Crippen molar-refractivity contribution in [3.8, 4) is 0 Å². The lowest BCUT2D eigenvalue weighted by Crippen LogP contribution is -2.46. The Labute approximate surface area is 156 Å². The minimum atomic E-state index is -3.57. The molecule has 26 heavy (non-hydrogen) atoms. The van der Waals surface area contributed by atoms with E-state index in [-0.39, 0.29) is 29.1 Å². The van der Waals surface area contributed by atoms with Crippen LogP contribution in [0.5, 0.6) is 0 Å². The van der Waals surface area contributed by atoms with Crippen molar-refractivity contribution in [1.29, 1.82) is 0 Å². The number of halogens is 1. The van der Waals surface area contributed by atoms with E-state index in [4.69, 9.17) is 0 Å². The van der Waals surface area contributed by atoms with Crippen LogP contribution in [0.3, 0.4) is 0 Å². The topological polar surface area (TPSA) is 83.6 Å². The van der Waals surface area contributed by atoms with Gasteiger partial charge in [-0.3, -0.25) is 0 Å². The Kier molecular flexibility index (Phi) is 5.78. The molecule has 6 nitrogen and oxygen atoms in total. The van der Waals surface area contributed by atoms with Gasteiger partial charge >= 0.3 is 0 Å². The molecule has 10 heteroatoms. The Morgan fingerprint density at radius 3 is 2.46 bits per heavy atom. The van der Waals surface area contributed by atoms with Crippen molar-refractivity contribution in [3.63, 3.8) is 0 Å².